The zero-order valence-corrected chi connectivity index (χ0v) is 15.6. The van der Waals surface area contributed by atoms with Gasteiger partial charge in [-0.3, -0.25) is 20.0 Å². The molecule has 0 aliphatic carbocycles. The largest absolute Gasteiger partial charge is 0.384 e. The summed E-state index contributed by atoms with van der Waals surface area (Å²) in [5.41, 5.74) is 2.58. The van der Waals surface area contributed by atoms with Gasteiger partial charge in [-0.25, -0.2) is 13.9 Å². The lowest BCUT2D eigenvalue weighted by Crippen LogP contribution is -2.52. The zero-order valence-electron chi connectivity index (χ0n) is 14.0. The van der Waals surface area contributed by atoms with Crippen LogP contribution in [0, 0.1) is 0 Å². The smallest absolute Gasteiger partial charge is 0.262 e. The normalized spacial score (nSPS) is 17.7. The van der Waals surface area contributed by atoms with Crippen LogP contribution in [-0.2, 0) is 38.9 Å². The van der Waals surface area contributed by atoms with Crippen molar-refractivity contribution in [3.63, 3.8) is 0 Å². The number of rotatable bonds is 6. The predicted octanol–water partition coefficient (Wildman–Crippen LogP) is 0.348. The van der Waals surface area contributed by atoms with Crippen LogP contribution in [0.15, 0.2) is 28.7 Å². The maximum absolute atomic E-state index is 13.1. The minimum Gasteiger partial charge on any atom is -0.384 e. The summed E-state index contributed by atoms with van der Waals surface area (Å²) in [5, 5.41) is 9.02. The highest BCUT2D eigenvalue weighted by Gasteiger charge is 2.41. The first-order valence-corrected chi connectivity index (χ1v) is 10.0. The molecule has 11 heteroatoms. The minimum absolute atomic E-state index is 0.0384. The van der Waals surface area contributed by atoms with Crippen molar-refractivity contribution in [3.05, 3.63) is 40.8 Å². The molecule has 3 heterocycles. The van der Waals surface area contributed by atoms with Crippen LogP contribution in [0.2, 0.25) is 0 Å². The third-order valence-corrected chi connectivity index (χ3v) is 7.53. The van der Waals surface area contributed by atoms with E-state index in [1.165, 1.54) is 18.5 Å². The number of sulfonamides is 1. The van der Waals surface area contributed by atoms with Gasteiger partial charge in [-0.15, -0.1) is 11.3 Å². The Hall–Kier alpha value is -1.92. The molecule has 1 atom stereocenters. The van der Waals surface area contributed by atoms with Gasteiger partial charge in [0, 0.05) is 37.2 Å². The molecule has 9 nitrogen and oxygen atoms in total. The predicted molar refractivity (Wildman–Crippen MR) is 92.1 cm³/mol. The van der Waals surface area contributed by atoms with Crippen LogP contribution in [0.4, 0.5) is 0 Å². The van der Waals surface area contributed by atoms with Crippen molar-refractivity contribution in [2.45, 2.75) is 29.6 Å². The van der Waals surface area contributed by atoms with Crippen molar-refractivity contribution in [1.82, 2.24) is 19.8 Å². The third kappa shape index (κ3) is 3.62. The van der Waals surface area contributed by atoms with Gasteiger partial charge in [0.2, 0.25) is 0 Å². The Morgan fingerprint density at radius 1 is 1.38 bits per heavy atom. The molecule has 0 fully saturated rings. The van der Waals surface area contributed by atoms with Crippen LogP contribution in [-0.4, -0.2) is 53.6 Å². The summed E-state index contributed by atoms with van der Waals surface area (Å²) in [5.74, 6) is -0.805. The Morgan fingerprint density at radius 2 is 2.12 bits per heavy atom. The molecule has 3 rings (SSSR count). The average molecular weight is 398 g/mol. The second-order valence-corrected chi connectivity index (χ2v) is 8.95. The Balaban J connectivity index is 1.95. The maximum atomic E-state index is 13.1. The lowest BCUT2D eigenvalue weighted by Gasteiger charge is -2.32. The fourth-order valence-corrected chi connectivity index (χ4v) is 5.76. The van der Waals surface area contributed by atoms with Crippen molar-refractivity contribution in [2.75, 3.05) is 13.7 Å². The second kappa shape index (κ2) is 7.76. The van der Waals surface area contributed by atoms with Gasteiger partial charge in [0.15, 0.2) is 0 Å². The topological polar surface area (TPSA) is 122 Å². The van der Waals surface area contributed by atoms with E-state index >= 15 is 0 Å². The Labute approximate surface area is 154 Å². The van der Waals surface area contributed by atoms with Crippen molar-refractivity contribution < 1.29 is 23.2 Å². The van der Waals surface area contributed by atoms with Gasteiger partial charge in [0.05, 0.1) is 24.5 Å². The molecular weight excluding hydrogens is 380 g/mol. The van der Waals surface area contributed by atoms with E-state index < -0.39 is 22.0 Å². The molecule has 2 aromatic heterocycles. The summed E-state index contributed by atoms with van der Waals surface area (Å²) in [7, 11) is -2.36. The molecule has 1 aliphatic heterocycles. The van der Waals surface area contributed by atoms with E-state index in [1.54, 1.807) is 18.7 Å². The molecule has 26 heavy (non-hydrogen) atoms. The molecule has 0 aromatic carbocycles. The highest BCUT2D eigenvalue weighted by atomic mass is 32.2. The van der Waals surface area contributed by atoms with Gasteiger partial charge in [0.1, 0.15) is 10.3 Å². The molecule has 2 N–H and O–H groups in total. The lowest BCUT2D eigenvalue weighted by atomic mass is 10.0. The molecule has 2 aromatic rings. The molecular formula is C15H18N4O5S2. The number of hydrogen-bond donors (Lipinski definition) is 2. The molecule has 0 radical (unpaired) electrons. The number of carbonyl (C=O) groups is 1. The Kier molecular flexibility index (Phi) is 5.63. The monoisotopic (exact) mass is 398 g/mol. The fourth-order valence-electron chi connectivity index (χ4n) is 2.74. The summed E-state index contributed by atoms with van der Waals surface area (Å²) >= 11 is 1.14. The van der Waals surface area contributed by atoms with Crippen LogP contribution in [0.25, 0.3) is 0 Å². The van der Waals surface area contributed by atoms with E-state index in [0.717, 1.165) is 20.5 Å². The minimum atomic E-state index is -3.94. The highest BCUT2D eigenvalue weighted by molar-refractivity contribution is 7.91. The first kappa shape index (κ1) is 18.9. The van der Waals surface area contributed by atoms with Gasteiger partial charge in [-0.1, -0.05) is 0 Å². The summed E-state index contributed by atoms with van der Waals surface area (Å²) in [6.45, 7) is 0.400. The molecule has 1 amide bonds. The maximum Gasteiger partial charge on any atom is 0.262 e. The van der Waals surface area contributed by atoms with E-state index in [1.807, 2.05) is 0 Å². The number of nitrogens with zero attached hydrogens (tertiary/aromatic N) is 3. The van der Waals surface area contributed by atoms with E-state index in [2.05, 4.69) is 9.97 Å². The van der Waals surface area contributed by atoms with Gasteiger partial charge >= 0.3 is 0 Å². The summed E-state index contributed by atoms with van der Waals surface area (Å²) < 4.78 is 32.4. The highest BCUT2D eigenvalue weighted by Crippen LogP contribution is 2.31. The molecule has 1 unspecified atom stereocenters. The molecule has 0 bridgehead atoms. The number of hydrogen-bond acceptors (Lipinski definition) is 8. The Bertz CT molecular complexity index is 899. The first-order chi connectivity index (χ1) is 12.5. The molecule has 0 spiro atoms. The number of amides is 1. The number of ether oxygens (including phenoxy) is 1. The second-order valence-electron chi connectivity index (χ2n) is 5.66. The number of hydroxylamine groups is 1. The SMILES string of the molecule is COCCc1ccc(S(=O)(=O)N2Cc3nccnc3CC2C(=O)NO)s1. The molecule has 0 saturated heterocycles. The number of carbonyl (C=O) groups excluding carboxylic acids is 1. The van der Waals surface area contributed by atoms with E-state index in [9.17, 15) is 13.2 Å². The van der Waals surface area contributed by atoms with Crippen LogP contribution in [0.5, 0.6) is 0 Å². The van der Waals surface area contributed by atoms with E-state index in [0.29, 0.717) is 24.4 Å². The standard InChI is InChI=1S/C15H18N4O5S2/c1-24-7-4-10-2-3-14(25-10)26(22,23)19-9-12-11(16-5-6-17-12)8-13(19)15(20)18-21/h2-3,5-6,13,21H,4,7-9H2,1H3,(H,18,20). The first-order valence-electron chi connectivity index (χ1n) is 7.79. The van der Waals surface area contributed by atoms with Gasteiger partial charge in [-0.05, 0) is 12.1 Å². The van der Waals surface area contributed by atoms with Gasteiger partial charge < -0.3 is 4.74 Å². The average Bonchev–Trinajstić information content (AvgIpc) is 3.14. The molecule has 140 valence electrons. The molecule has 0 saturated carbocycles. The third-order valence-electron chi connectivity index (χ3n) is 4.07. The lowest BCUT2D eigenvalue weighted by molar-refractivity contribution is -0.133. The van der Waals surface area contributed by atoms with Crippen LogP contribution >= 0.6 is 11.3 Å². The van der Waals surface area contributed by atoms with E-state index in [4.69, 9.17) is 9.94 Å². The molecule has 1 aliphatic rings. The number of fused-ring (bicyclic) bond motifs is 1. The zero-order chi connectivity index (χ0) is 18.7. The van der Waals surface area contributed by atoms with Crippen LogP contribution < -0.4 is 5.48 Å². The summed E-state index contributed by atoms with van der Waals surface area (Å²) in [4.78, 5) is 21.3. The van der Waals surface area contributed by atoms with Crippen molar-refractivity contribution in [3.8, 4) is 0 Å². The van der Waals surface area contributed by atoms with Gasteiger partial charge in [-0.2, -0.15) is 4.31 Å². The summed E-state index contributed by atoms with van der Waals surface area (Å²) in [6.07, 6.45) is 3.60. The fraction of sp³-hybridized carbons (Fsp3) is 0.400. The quantitative estimate of drug-likeness (QED) is 0.532. The summed E-state index contributed by atoms with van der Waals surface area (Å²) in [6, 6.07) is 2.15. The number of aromatic nitrogens is 2. The van der Waals surface area contributed by atoms with Crippen molar-refractivity contribution in [2.24, 2.45) is 0 Å². The van der Waals surface area contributed by atoms with Gasteiger partial charge in [0.25, 0.3) is 15.9 Å². The van der Waals surface area contributed by atoms with E-state index in [-0.39, 0.29) is 17.2 Å². The Morgan fingerprint density at radius 3 is 2.81 bits per heavy atom. The van der Waals surface area contributed by atoms with Crippen LogP contribution in [0.3, 0.4) is 0 Å². The number of nitrogens with one attached hydrogen (secondary N) is 1. The number of methoxy groups -OCH3 is 1. The number of thiophene rings is 1. The van der Waals surface area contributed by atoms with Crippen molar-refractivity contribution in [1.29, 1.82) is 0 Å². The van der Waals surface area contributed by atoms with Crippen LogP contribution in [0.1, 0.15) is 16.3 Å². The van der Waals surface area contributed by atoms with Crippen molar-refractivity contribution >= 4 is 27.3 Å².